The third-order valence-electron chi connectivity index (χ3n) is 3.56. The number of hydrogen-bond acceptors (Lipinski definition) is 6. The van der Waals surface area contributed by atoms with Gasteiger partial charge in [-0.2, -0.15) is 0 Å². The molecule has 9 heteroatoms. The van der Waals surface area contributed by atoms with Gasteiger partial charge in [0.1, 0.15) is 0 Å². The van der Waals surface area contributed by atoms with E-state index < -0.39 is 39.3 Å². The highest BCUT2D eigenvalue weighted by atomic mass is 16.6. The first-order valence-electron chi connectivity index (χ1n) is 7.27. The lowest BCUT2D eigenvalue weighted by Crippen LogP contribution is -2.37. The number of nitro benzene ring substituents is 2. The van der Waals surface area contributed by atoms with Crippen molar-refractivity contribution in [1.29, 1.82) is 0 Å². The number of carbonyl (C=O) groups is 1. The number of nitrogens with one attached hydrogen (secondary N) is 1. The van der Waals surface area contributed by atoms with Crippen LogP contribution in [-0.4, -0.2) is 26.9 Å². The third kappa shape index (κ3) is 4.36. The van der Waals surface area contributed by atoms with Gasteiger partial charge >= 0.3 is 0 Å². The van der Waals surface area contributed by atoms with E-state index in [0.717, 1.165) is 18.2 Å². The summed E-state index contributed by atoms with van der Waals surface area (Å²) in [7, 11) is 0. The molecule has 0 saturated carbocycles. The molecule has 0 saturated heterocycles. The van der Waals surface area contributed by atoms with Crippen molar-refractivity contribution in [2.45, 2.75) is 19.1 Å². The molecule has 25 heavy (non-hydrogen) atoms. The monoisotopic (exact) mass is 345 g/mol. The number of nitrogens with zero attached hydrogens (tertiary/aromatic N) is 2. The minimum Gasteiger partial charge on any atom is -0.386 e. The Labute approximate surface area is 142 Å². The van der Waals surface area contributed by atoms with E-state index in [1.54, 1.807) is 37.3 Å². The Balaban J connectivity index is 2.22. The molecule has 0 spiro atoms. The maximum absolute atomic E-state index is 12.3. The van der Waals surface area contributed by atoms with Crippen molar-refractivity contribution in [3.8, 4) is 0 Å². The summed E-state index contributed by atoms with van der Waals surface area (Å²) in [5.41, 5.74) is -0.764. The van der Waals surface area contributed by atoms with E-state index in [2.05, 4.69) is 5.32 Å². The number of aliphatic hydroxyl groups is 1. The minimum atomic E-state index is -1.00. The molecule has 0 unspecified atom stereocenters. The molecule has 130 valence electrons. The predicted molar refractivity (Wildman–Crippen MR) is 88.1 cm³/mol. The van der Waals surface area contributed by atoms with Crippen molar-refractivity contribution in [1.82, 2.24) is 5.32 Å². The van der Waals surface area contributed by atoms with Crippen molar-refractivity contribution >= 4 is 17.3 Å². The molecule has 2 rings (SSSR count). The summed E-state index contributed by atoms with van der Waals surface area (Å²) in [6.07, 6.45) is -1.00. The van der Waals surface area contributed by atoms with Crippen LogP contribution in [0.15, 0.2) is 48.5 Å². The Morgan fingerprint density at radius 1 is 1.04 bits per heavy atom. The molecule has 0 aliphatic rings. The Bertz CT molecular complexity index is 777. The summed E-state index contributed by atoms with van der Waals surface area (Å²) in [6.45, 7) is 1.56. The van der Waals surface area contributed by atoms with Crippen molar-refractivity contribution < 1.29 is 19.7 Å². The van der Waals surface area contributed by atoms with Crippen LogP contribution >= 0.6 is 0 Å². The minimum absolute atomic E-state index is 0.229. The molecule has 1 amide bonds. The zero-order valence-corrected chi connectivity index (χ0v) is 13.2. The molecule has 2 N–H and O–H groups in total. The average Bonchev–Trinajstić information content (AvgIpc) is 2.61. The smallest absolute Gasteiger partial charge is 0.277 e. The zero-order chi connectivity index (χ0) is 18.6. The maximum Gasteiger partial charge on any atom is 0.277 e. The van der Waals surface area contributed by atoms with E-state index in [-0.39, 0.29) is 5.56 Å². The number of aliphatic hydroxyl groups excluding tert-OH is 1. The number of amides is 1. The fraction of sp³-hybridized carbons (Fsp3) is 0.188. The first-order chi connectivity index (χ1) is 11.8. The highest BCUT2D eigenvalue weighted by molar-refractivity contribution is 5.95. The largest absolute Gasteiger partial charge is 0.386 e. The van der Waals surface area contributed by atoms with Gasteiger partial charge in [0.05, 0.1) is 33.6 Å². The van der Waals surface area contributed by atoms with Gasteiger partial charge in [0.2, 0.25) is 0 Å². The standard InChI is InChI=1S/C16H15N3O6/c1-10(15(20)11-5-3-2-4-6-11)17-16(21)12-7-13(18(22)23)9-14(8-12)19(24)25/h2-10,15,20H,1H3,(H,17,21)/t10-,15+/m0/s1. The lowest BCUT2D eigenvalue weighted by atomic mass is 10.0. The van der Waals surface area contributed by atoms with Crippen molar-refractivity contribution in [3.05, 3.63) is 79.9 Å². The quantitative estimate of drug-likeness (QED) is 0.609. The average molecular weight is 345 g/mol. The molecule has 2 atom stereocenters. The topological polar surface area (TPSA) is 136 Å². The first kappa shape index (κ1) is 18.0. The van der Waals surface area contributed by atoms with Crippen molar-refractivity contribution in [2.75, 3.05) is 0 Å². The molecule has 0 aromatic heterocycles. The van der Waals surface area contributed by atoms with Gasteiger partial charge in [-0.1, -0.05) is 30.3 Å². The third-order valence-corrected chi connectivity index (χ3v) is 3.56. The molecule has 0 heterocycles. The van der Waals surface area contributed by atoms with E-state index in [4.69, 9.17) is 0 Å². The van der Waals surface area contributed by atoms with Crippen LogP contribution in [0.25, 0.3) is 0 Å². The Kier molecular flexibility index (Phi) is 5.40. The molecular weight excluding hydrogens is 330 g/mol. The van der Waals surface area contributed by atoms with Crippen molar-refractivity contribution in [3.63, 3.8) is 0 Å². The van der Waals surface area contributed by atoms with Crippen LogP contribution in [0.1, 0.15) is 28.9 Å². The normalized spacial score (nSPS) is 12.9. The number of hydrogen-bond donors (Lipinski definition) is 2. The summed E-state index contributed by atoms with van der Waals surface area (Å²) >= 11 is 0. The lowest BCUT2D eigenvalue weighted by molar-refractivity contribution is -0.394. The van der Waals surface area contributed by atoms with Crippen LogP contribution in [0.2, 0.25) is 0 Å². The Morgan fingerprint density at radius 3 is 2.04 bits per heavy atom. The van der Waals surface area contributed by atoms with Crippen LogP contribution in [0.4, 0.5) is 11.4 Å². The van der Waals surface area contributed by atoms with Gasteiger partial charge in [0.25, 0.3) is 17.3 Å². The number of nitro groups is 2. The summed E-state index contributed by atoms with van der Waals surface area (Å²) in [5.74, 6) is -0.755. The van der Waals surface area contributed by atoms with Crippen LogP contribution < -0.4 is 5.32 Å². The first-order valence-corrected chi connectivity index (χ1v) is 7.27. The van der Waals surface area contributed by atoms with Gasteiger partial charge in [-0.25, -0.2) is 0 Å². The molecule has 0 fully saturated rings. The van der Waals surface area contributed by atoms with Crippen LogP contribution in [0.3, 0.4) is 0 Å². The number of rotatable bonds is 6. The predicted octanol–water partition coefficient (Wildman–Crippen LogP) is 2.35. The summed E-state index contributed by atoms with van der Waals surface area (Å²) in [5, 5.41) is 34.5. The molecule has 9 nitrogen and oxygen atoms in total. The fourth-order valence-corrected chi connectivity index (χ4v) is 2.25. The molecule has 0 radical (unpaired) electrons. The second-order valence-electron chi connectivity index (χ2n) is 5.37. The number of benzene rings is 2. The van der Waals surface area contributed by atoms with Gasteiger partial charge in [-0.15, -0.1) is 0 Å². The van der Waals surface area contributed by atoms with E-state index in [9.17, 15) is 30.1 Å². The molecular formula is C16H15N3O6. The summed E-state index contributed by atoms with van der Waals surface area (Å²) in [4.78, 5) is 32.4. The van der Waals surface area contributed by atoms with Gasteiger partial charge in [0, 0.05) is 12.1 Å². The van der Waals surface area contributed by atoms with Crippen LogP contribution in [0.5, 0.6) is 0 Å². The summed E-state index contributed by atoms with van der Waals surface area (Å²) in [6, 6.07) is 10.6. The van der Waals surface area contributed by atoms with E-state index >= 15 is 0 Å². The lowest BCUT2D eigenvalue weighted by Gasteiger charge is -2.20. The highest BCUT2D eigenvalue weighted by Gasteiger charge is 2.23. The second-order valence-corrected chi connectivity index (χ2v) is 5.37. The molecule has 2 aromatic carbocycles. The Morgan fingerprint density at radius 2 is 1.56 bits per heavy atom. The molecule has 0 aliphatic carbocycles. The van der Waals surface area contributed by atoms with E-state index in [0.29, 0.717) is 5.56 Å². The van der Waals surface area contributed by atoms with E-state index in [1.165, 1.54) is 0 Å². The SMILES string of the molecule is C[C@H](NC(=O)c1cc([N+](=O)[O-])cc([N+](=O)[O-])c1)[C@@H](O)c1ccccc1. The van der Waals surface area contributed by atoms with Gasteiger partial charge < -0.3 is 10.4 Å². The highest BCUT2D eigenvalue weighted by Crippen LogP contribution is 2.23. The van der Waals surface area contributed by atoms with Crippen molar-refractivity contribution in [2.24, 2.45) is 0 Å². The van der Waals surface area contributed by atoms with Crippen LogP contribution in [-0.2, 0) is 0 Å². The van der Waals surface area contributed by atoms with Gasteiger partial charge in [0.15, 0.2) is 0 Å². The van der Waals surface area contributed by atoms with E-state index in [1.807, 2.05) is 0 Å². The summed E-state index contributed by atoms with van der Waals surface area (Å²) < 4.78 is 0. The van der Waals surface area contributed by atoms with Gasteiger partial charge in [-0.3, -0.25) is 25.0 Å². The fourth-order valence-electron chi connectivity index (χ4n) is 2.25. The van der Waals surface area contributed by atoms with Crippen LogP contribution in [0, 0.1) is 20.2 Å². The maximum atomic E-state index is 12.3. The molecule has 0 aliphatic heterocycles. The number of non-ortho nitro benzene ring substituents is 2. The molecule has 2 aromatic rings. The molecule has 0 bridgehead atoms. The second kappa shape index (κ2) is 7.49. The zero-order valence-electron chi connectivity index (χ0n) is 13.2. The Hall–Kier alpha value is -3.33. The number of carbonyl (C=O) groups excluding carboxylic acids is 1. The van der Waals surface area contributed by atoms with Gasteiger partial charge in [-0.05, 0) is 12.5 Å².